The first kappa shape index (κ1) is 20.9. The molecule has 1 N–H and O–H groups in total. The van der Waals surface area contributed by atoms with Crippen molar-refractivity contribution in [3.63, 3.8) is 0 Å². The summed E-state index contributed by atoms with van der Waals surface area (Å²) in [7, 11) is -3.70. The number of nitrogens with one attached hydrogen (secondary N) is 1. The van der Waals surface area contributed by atoms with E-state index in [1.54, 1.807) is 4.90 Å². The van der Waals surface area contributed by atoms with Crippen molar-refractivity contribution in [1.82, 2.24) is 9.21 Å². The van der Waals surface area contributed by atoms with Gasteiger partial charge in [0.1, 0.15) is 6.10 Å². The summed E-state index contributed by atoms with van der Waals surface area (Å²) < 4.78 is 32.6. The molecule has 0 aromatic heterocycles. The van der Waals surface area contributed by atoms with Gasteiger partial charge in [0, 0.05) is 26.1 Å². The maximum Gasteiger partial charge on any atom is 0.410 e. The number of carbonyl (C=O) groups is 2. The molecule has 1 atom stereocenters. The molecule has 2 aliphatic heterocycles. The topological polar surface area (TPSA) is 96.0 Å². The van der Waals surface area contributed by atoms with Crippen LogP contribution in [0.15, 0.2) is 23.1 Å². The van der Waals surface area contributed by atoms with Gasteiger partial charge in [-0.25, -0.2) is 13.2 Å². The molecule has 10 heteroatoms. The zero-order chi connectivity index (χ0) is 20.5. The molecule has 2 amide bonds. The Morgan fingerprint density at radius 3 is 2.54 bits per heavy atom. The van der Waals surface area contributed by atoms with E-state index in [9.17, 15) is 18.0 Å². The van der Waals surface area contributed by atoms with E-state index in [-0.39, 0.29) is 34.1 Å². The van der Waals surface area contributed by atoms with Crippen LogP contribution < -0.4 is 5.32 Å². The van der Waals surface area contributed by atoms with Crippen LogP contribution in [0, 0.1) is 0 Å². The van der Waals surface area contributed by atoms with Gasteiger partial charge in [-0.3, -0.25) is 4.79 Å². The Kier molecular flexibility index (Phi) is 6.16. The Bertz CT molecular complexity index is 868. The monoisotopic (exact) mass is 429 g/mol. The fraction of sp³-hybridized carbons (Fsp3) is 0.556. The molecular formula is C18H24ClN3O5S. The highest BCUT2D eigenvalue weighted by Crippen LogP contribution is 2.30. The zero-order valence-corrected chi connectivity index (χ0v) is 17.4. The Morgan fingerprint density at radius 1 is 1.32 bits per heavy atom. The number of piperidine rings is 1. The van der Waals surface area contributed by atoms with Gasteiger partial charge in [0.15, 0.2) is 0 Å². The first-order valence-corrected chi connectivity index (χ1v) is 11.1. The van der Waals surface area contributed by atoms with Crippen LogP contribution in [0.5, 0.6) is 0 Å². The maximum atomic E-state index is 12.9. The lowest BCUT2D eigenvalue weighted by molar-refractivity contribution is -0.114. The predicted molar refractivity (Wildman–Crippen MR) is 105 cm³/mol. The molecule has 0 aliphatic carbocycles. The molecule has 2 aliphatic rings. The fourth-order valence-corrected chi connectivity index (χ4v) is 5.33. The number of cyclic esters (lactones) is 1. The Labute approximate surface area is 169 Å². The first-order chi connectivity index (χ1) is 13.2. The van der Waals surface area contributed by atoms with Crippen LogP contribution in [0.2, 0.25) is 5.02 Å². The van der Waals surface area contributed by atoms with E-state index >= 15 is 0 Å². The van der Waals surface area contributed by atoms with Gasteiger partial charge in [-0.05, 0) is 37.5 Å². The molecule has 1 aromatic carbocycles. The van der Waals surface area contributed by atoms with Crippen LogP contribution >= 0.6 is 11.6 Å². The molecular weight excluding hydrogens is 406 g/mol. The molecule has 1 aromatic rings. The molecule has 2 fully saturated rings. The van der Waals surface area contributed by atoms with E-state index in [4.69, 9.17) is 16.3 Å². The fourth-order valence-electron chi connectivity index (χ4n) is 3.54. The number of carbonyl (C=O) groups excluding carboxylic acids is 2. The average molecular weight is 430 g/mol. The van der Waals surface area contributed by atoms with E-state index < -0.39 is 10.0 Å². The van der Waals surface area contributed by atoms with E-state index in [1.807, 2.05) is 6.92 Å². The van der Waals surface area contributed by atoms with Crippen molar-refractivity contribution in [1.29, 1.82) is 0 Å². The van der Waals surface area contributed by atoms with E-state index in [0.717, 1.165) is 6.42 Å². The minimum Gasteiger partial charge on any atom is -0.444 e. The summed E-state index contributed by atoms with van der Waals surface area (Å²) >= 11 is 6.12. The molecule has 2 saturated heterocycles. The molecule has 2 heterocycles. The van der Waals surface area contributed by atoms with Crippen molar-refractivity contribution >= 4 is 39.3 Å². The van der Waals surface area contributed by atoms with E-state index in [0.29, 0.717) is 38.2 Å². The third-order valence-electron chi connectivity index (χ3n) is 5.11. The van der Waals surface area contributed by atoms with Crippen LogP contribution in [-0.4, -0.2) is 61.4 Å². The number of sulfonamides is 1. The maximum absolute atomic E-state index is 12.9. The lowest BCUT2D eigenvalue weighted by Crippen LogP contribution is -2.47. The quantitative estimate of drug-likeness (QED) is 0.776. The molecule has 8 nitrogen and oxygen atoms in total. The Hall–Kier alpha value is -1.84. The summed E-state index contributed by atoms with van der Waals surface area (Å²) in [5.74, 6) is -0.287. The second-order valence-electron chi connectivity index (χ2n) is 7.02. The standard InChI is InChI=1S/C18H24ClN3O5S/c1-3-14-11-22(18(24)27-14)13-6-8-21(9-7-13)28(25,26)15-4-5-17(16(19)10-15)20-12(2)23/h4-5,10,13-14H,3,6-9,11H2,1-2H3,(H,20,23). The average Bonchev–Trinajstić information content (AvgIpc) is 3.04. The number of hydrogen-bond donors (Lipinski definition) is 1. The minimum atomic E-state index is -3.70. The van der Waals surface area contributed by atoms with Crippen LogP contribution in [0.4, 0.5) is 10.5 Å². The first-order valence-electron chi connectivity index (χ1n) is 9.27. The predicted octanol–water partition coefficient (Wildman–Crippen LogP) is 2.68. The van der Waals surface area contributed by atoms with Crippen LogP contribution in [0.25, 0.3) is 0 Å². The van der Waals surface area contributed by atoms with Gasteiger partial charge >= 0.3 is 6.09 Å². The second kappa shape index (κ2) is 8.26. The Balaban J connectivity index is 1.67. The number of rotatable bonds is 5. The summed E-state index contributed by atoms with van der Waals surface area (Å²) in [5, 5.41) is 2.72. The Morgan fingerprint density at radius 2 is 2.00 bits per heavy atom. The molecule has 1 unspecified atom stereocenters. The van der Waals surface area contributed by atoms with E-state index in [1.165, 1.54) is 29.4 Å². The third kappa shape index (κ3) is 4.26. The summed E-state index contributed by atoms with van der Waals surface area (Å²) in [6.07, 6.45) is 1.49. The highest BCUT2D eigenvalue weighted by Gasteiger charge is 2.38. The summed E-state index contributed by atoms with van der Waals surface area (Å²) in [5.41, 5.74) is 0.366. The van der Waals surface area contributed by atoms with Gasteiger partial charge in [0.25, 0.3) is 0 Å². The van der Waals surface area contributed by atoms with Crippen LogP contribution in [0.3, 0.4) is 0 Å². The van der Waals surface area contributed by atoms with Gasteiger partial charge in [-0.15, -0.1) is 0 Å². The van der Waals surface area contributed by atoms with Crippen molar-refractivity contribution in [2.24, 2.45) is 0 Å². The van der Waals surface area contributed by atoms with Crippen molar-refractivity contribution in [2.45, 2.75) is 50.2 Å². The lowest BCUT2D eigenvalue weighted by Gasteiger charge is -2.35. The second-order valence-corrected chi connectivity index (χ2v) is 9.37. The van der Waals surface area contributed by atoms with Crippen LogP contribution in [0.1, 0.15) is 33.1 Å². The molecule has 154 valence electrons. The van der Waals surface area contributed by atoms with Gasteiger partial charge in [-0.2, -0.15) is 4.31 Å². The normalized spacial score (nSPS) is 21.6. The SMILES string of the molecule is CCC1CN(C2CCN(S(=O)(=O)c3ccc(NC(C)=O)c(Cl)c3)CC2)C(=O)O1. The molecule has 0 saturated carbocycles. The molecule has 28 heavy (non-hydrogen) atoms. The van der Waals surface area contributed by atoms with Crippen molar-refractivity contribution in [3.05, 3.63) is 23.2 Å². The van der Waals surface area contributed by atoms with Crippen molar-refractivity contribution in [2.75, 3.05) is 25.0 Å². The number of benzene rings is 1. The van der Waals surface area contributed by atoms with Gasteiger partial charge in [0.05, 0.1) is 22.2 Å². The molecule has 0 radical (unpaired) electrons. The zero-order valence-electron chi connectivity index (χ0n) is 15.9. The third-order valence-corrected chi connectivity index (χ3v) is 7.32. The molecule has 0 bridgehead atoms. The van der Waals surface area contributed by atoms with Gasteiger partial charge < -0.3 is 15.0 Å². The highest BCUT2D eigenvalue weighted by atomic mass is 35.5. The number of hydrogen-bond acceptors (Lipinski definition) is 5. The molecule has 0 spiro atoms. The van der Waals surface area contributed by atoms with Gasteiger partial charge in [-0.1, -0.05) is 18.5 Å². The minimum absolute atomic E-state index is 0.0127. The number of anilines is 1. The van der Waals surface area contributed by atoms with Crippen molar-refractivity contribution < 1.29 is 22.7 Å². The van der Waals surface area contributed by atoms with Crippen molar-refractivity contribution in [3.8, 4) is 0 Å². The molecule has 3 rings (SSSR count). The summed E-state index contributed by atoms with van der Waals surface area (Å²) in [6.45, 7) is 4.52. The number of halogens is 1. The lowest BCUT2D eigenvalue weighted by atomic mass is 10.1. The smallest absolute Gasteiger partial charge is 0.410 e. The van der Waals surface area contributed by atoms with Crippen LogP contribution in [-0.2, 0) is 19.6 Å². The highest BCUT2D eigenvalue weighted by molar-refractivity contribution is 7.89. The number of ether oxygens (including phenoxy) is 1. The van der Waals surface area contributed by atoms with Gasteiger partial charge in [0.2, 0.25) is 15.9 Å². The number of nitrogens with zero attached hydrogens (tertiary/aromatic N) is 2. The number of amides is 2. The summed E-state index contributed by atoms with van der Waals surface area (Å²) in [4.78, 5) is 25.0. The van der Waals surface area contributed by atoms with E-state index in [2.05, 4.69) is 5.32 Å². The largest absolute Gasteiger partial charge is 0.444 e. The summed E-state index contributed by atoms with van der Waals surface area (Å²) in [6, 6.07) is 4.25.